The van der Waals surface area contributed by atoms with Crippen LogP contribution in [0.5, 0.6) is 0 Å². The van der Waals surface area contributed by atoms with E-state index in [1.807, 2.05) is 13.8 Å². The van der Waals surface area contributed by atoms with Crippen LogP contribution in [0.15, 0.2) is 41.3 Å². The number of aliphatic hydroxyl groups excluding tert-OH is 1. The number of carbonyl (C=O) groups excluding carboxylic acids is 1. The highest BCUT2D eigenvalue weighted by atomic mass is 32.2. The minimum atomic E-state index is -4.10. The lowest BCUT2D eigenvalue weighted by Gasteiger charge is -2.36. The van der Waals surface area contributed by atoms with Gasteiger partial charge in [0, 0.05) is 37.5 Å². The summed E-state index contributed by atoms with van der Waals surface area (Å²) in [4.78, 5) is 18.4. The van der Waals surface area contributed by atoms with E-state index in [1.165, 1.54) is 21.7 Å². The molecule has 1 amide bonds. The van der Waals surface area contributed by atoms with Gasteiger partial charge in [-0.05, 0) is 91.7 Å². The van der Waals surface area contributed by atoms with E-state index in [2.05, 4.69) is 15.6 Å². The van der Waals surface area contributed by atoms with Crippen LogP contribution in [-0.4, -0.2) is 79.5 Å². The van der Waals surface area contributed by atoms with Crippen LogP contribution in [0.25, 0.3) is 10.2 Å². The number of aliphatic hydroxyl groups is 1. The molecule has 4 heterocycles. The number of thiazole rings is 1. The van der Waals surface area contributed by atoms with Crippen molar-refractivity contribution < 1.29 is 36.6 Å². The van der Waals surface area contributed by atoms with Gasteiger partial charge in [-0.1, -0.05) is 25.2 Å². The van der Waals surface area contributed by atoms with Gasteiger partial charge < -0.3 is 25.2 Å². The molecule has 49 heavy (non-hydrogen) atoms. The van der Waals surface area contributed by atoms with Crippen LogP contribution < -0.4 is 10.6 Å². The van der Waals surface area contributed by atoms with Crippen molar-refractivity contribution in [3.8, 4) is 0 Å². The van der Waals surface area contributed by atoms with E-state index in [4.69, 9.17) is 9.47 Å². The summed E-state index contributed by atoms with van der Waals surface area (Å²) in [6, 6.07) is 7.28. The molecule has 3 aliphatic heterocycles. The average Bonchev–Trinajstić information content (AvgIpc) is 3.69. The van der Waals surface area contributed by atoms with E-state index >= 15 is 0 Å². The lowest BCUT2D eigenvalue weighted by Crippen LogP contribution is -2.51. The summed E-state index contributed by atoms with van der Waals surface area (Å²) in [6.07, 6.45) is 2.59. The van der Waals surface area contributed by atoms with Crippen LogP contribution in [0.2, 0.25) is 0 Å². The third-order valence-electron chi connectivity index (χ3n) is 10.3. The fourth-order valence-electron chi connectivity index (χ4n) is 7.77. The Kier molecular flexibility index (Phi) is 9.99. The first-order chi connectivity index (χ1) is 23.4. The highest BCUT2D eigenvalue weighted by molar-refractivity contribution is 7.89. The number of halogens is 2. The van der Waals surface area contributed by atoms with Gasteiger partial charge in [0.2, 0.25) is 15.9 Å². The van der Waals surface area contributed by atoms with Gasteiger partial charge in [0.15, 0.2) is 11.4 Å². The summed E-state index contributed by atoms with van der Waals surface area (Å²) in [7, 11) is -4.10. The minimum absolute atomic E-state index is 0.0372. The first-order valence-electron chi connectivity index (χ1n) is 17.3. The first-order valence-corrected chi connectivity index (χ1v) is 19.5. The molecule has 0 radical (unpaired) electrons. The molecular weight excluding hydrogens is 675 g/mol. The number of rotatable bonds is 14. The second-order valence-corrected chi connectivity index (χ2v) is 17.5. The SMILES string of the molecule is CC(C)CN(C[C@@H](O)[C@H](Cc1cc(F)cc(F)c1)NC(=O)C[C@H]1C2CCC3[C@@H](OC2)OC[C@H]31)S(=O)(=O)c1ccc2nc(NC3CC3)sc2c1. The Labute approximate surface area is 289 Å². The maximum absolute atomic E-state index is 14.2. The summed E-state index contributed by atoms with van der Waals surface area (Å²) < 4.78 is 70.6. The third kappa shape index (κ3) is 7.79. The molecule has 5 fully saturated rings. The van der Waals surface area contributed by atoms with Crippen molar-refractivity contribution in [3.05, 3.63) is 53.6 Å². The molecule has 4 bridgehead atoms. The van der Waals surface area contributed by atoms with Crippen LogP contribution in [0, 0.1) is 41.2 Å². The molecule has 5 aliphatic rings. The van der Waals surface area contributed by atoms with Gasteiger partial charge in [-0.25, -0.2) is 22.2 Å². The number of benzene rings is 2. The topological polar surface area (TPSA) is 130 Å². The molecule has 2 aromatic carbocycles. The maximum Gasteiger partial charge on any atom is 0.243 e. The standard InChI is InChI=1S/C35H44F2N4O6S2/c1-19(2)15-41(49(44,45)25-6-8-29-32(13-25)48-35(40-29)38-24-4-5-24)16-31(42)30(11-20-9-22(36)12-23(37)10-20)39-33(43)14-27-21-3-7-26-28(27)18-47-34(26)46-17-21/h6,8-10,12-13,19,21,24,26-28,30-31,34,42H,3-5,7,11,14-18H2,1-2H3,(H,38,40)(H,39,43)/t21?,26?,27-,28+,30-,31+,34-/m0/s1. The second kappa shape index (κ2) is 14.1. The minimum Gasteiger partial charge on any atom is -0.390 e. The molecule has 3 saturated heterocycles. The van der Waals surface area contributed by atoms with Gasteiger partial charge in [0.05, 0.1) is 40.5 Å². The van der Waals surface area contributed by atoms with Crippen molar-refractivity contribution >= 4 is 42.6 Å². The van der Waals surface area contributed by atoms with Crippen molar-refractivity contribution in [2.75, 3.05) is 31.6 Å². The Morgan fingerprint density at radius 2 is 1.80 bits per heavy atom. The molecule has 14 heteroatoms. The number of nitrogens with zero attached hydrogens (tertiary/aromatic N) is 2. The predicted octanol–water partition coefficient (Wildman–Crippen LogP) is 4.92. The Bertz CT molecular complexity index is 1770. The molecule has 2 unspecified atom stereocenters. The van der Waals surface area contributed by atoms with Gasteiger partial charge in [-0.3, -0.25) is 4.79 Å². The first kappa shape index (κ1) is 34.7. The van der Waals surface area contributed by atoms with Crippen molar-refractivity contribution in [3.63, 3.8) is 0 Å². The molecule has 3 aromatic rings. The number of aromatic nitrogens is 1. The lowest BCUT2D eigenvalue weighted by atomic mass is 9.67. The van der Waals surface area contributed by atoms with Crippen LogP contribution >= 0.6 is 11.3 Å². The van der Waals surface area contributed by atoms with Crippen molar-refractivity contribution in [2.24, 2.45) is 29.6 Å². The van der Waals surface area contributed by atoms with Crippen LogP contribution in [0.1, 0.15) is 51.5 Å². The molecular formula is C35H44F2N4O6S2. The number of amides is 1. The molecule has 10 nitrogen and oxygen atoms in total. The highest BCUT2D eigenvalue weighted by Crippen LogP contribution is 2.49. The number of sulfonamides is 1. The number of anilines is 1. The molecule has 266 valence electrons. The fraction of sp³-hybridized carbons (Fsp3) is 0.600. The predicted molar refractivity (Wildman–Crippen MR) is 181 cm³/mol. The van der Waals surface area contributed by atoms with E-state index in [9.17, 15) is 27.1 Å². The smallest absolute Gasteiger partial charge is 0.243 e. The van der Waals surface area contributed by atoms with Crippen LogP contribution in [0.4, 0.5) is 13.9 Å². The zero-order valence-corrected chi connectivity index (χ0v) is 29.3. The van der Waals surface area contributed by atoms with E-state index in [1.54, 1.807) is 12.1 Å². The molecule has 2 aliphatic carbocycles. The van der Waals surface area contributed by atoms with Gasteiger partial charge in [0.1, 0.15) is 11.6 Å². The Morgan fingerprint density at radius 3 is 2.53 bits per heavy atom. The summed E-state index contributed by atoms with van der Waals surface area (Å²) >= 11 is 1.40. The summed E-state index contributed by atoms with van der Waals surface area (Å²) in [5.41, 5.74) is 0.932. The third-order valence-corrected chi connectivity index (χ3v) is 13.1. The average molecular weight is 719 g/mol. The Balaban J connectivity index is 1.12. The number of hydrogen-bond donors (Lipinski definition) is 3. The number of carbonyl (C=O) groups is 1. The quantitative estimate of drug-likeness (QED) is 0.214. The van der Waals surface area contributed by atoms with Crippen molar-refractivity contribution in [1.29, 1.82) is 0 Å². The maximum atomic E-state index is 14.2. The highest BCUT2D eigenvalue weighted by Gasteiger charge is 2.51. The van der Waals surface area contributed by atoms with Crippen LogP contribution in [0.3, 0.4) is 0 Å². The number of hydrogen-bond acceptors (Lipinski definition) is 9. The molecule has 2 saturated carbocycles. The summed E-state index contributed by atoms with van der Waals surface area (Å²) in [6.45, 7) is 4.60. The number of ether oxygens (including phenoxy) is 2. The van der Waals surface area contributed by atoms with E-state index in [-0.39, 0.29) is 78.2 Å². The normalized spacial score (nSPS) is 26.3. The molecule has 7 atom stereocenters. The van der Waals surface area contributed by atoms with Gasteiger partial charge in [-0.2, -0.15) is 4.31 Å². The van der Waals surface area contributed by atoms with Gasteiger partial charge >= 0.3 is 0 Å². The zero-order chi connectivity index (χ0) is 34.4. The molecule has 0 spiro atoms. The summed E-state index contributed by atoms with van der Waals surface area (Å²) in [5, 5.41) is 18.8. The lowest BCUT2D eigenvalue weighted by molar-refractivity contribution is -0.134. The summed E-state index contributed by atoms with van der Waals surface area (Å²) in [5.74, 6) is -1.27. The Hall–Kier alpha value is -2.75. The van der Waals surface area contributed by atoms with Crippen molar-refractivity contribution in [1.82, 2.24) is 14.6 Å². The van der Waals surface area contributed by atoms with Gasteiger partial charge in [0.25, 0.3) is 0 Å². The van der Waals surface area contributed by atoms with E-state index < -0.39 is 33.8 Å². The molecule has 1 aromatic heterocycles. The number of fused-ring (bicyclic) bond motifs is 3. The van der Waals surface area contributed by atoms with Crippen molar-refractivity contribution in [2.45, 2.75) is 81.7 Å². The molecule has 3 N–H and O–H groups in total. The number of nitrogens with one attached hydrogen (secondary N) is 2. The largest absolute Gasteiger partial charge is 0.390 e. The zero-order valence-electron chi connectivity index (χ0n) is 27.7. The van der Waals surface area contributed by atoms with Gasteiger partial charge in [-0.15, -0.1) is 0 Å². The van der Waals surface area contributed by atoms with Crippen LogP contribution in [-0.2, 0) is 30.7 Å². The molecule has 8 rings (SSSR count). The van der Waals surface area contributed by atoms with E-state index in [0.29, 0.717) is 24.8 Å². The monoisotopic (exact) mass is 718 g/mol. The Morgan fingerprint density at radius 1 is 1.04 bits per heavy atom. The van der Waals surface area contributed by atoms with E-state index in [0.717, 1.165) is 53.7 Å². The second-order valence-electron chi connectivity index (χ2n) is 14.6. The fourth-order valence-corrected chi connectivity index (χ4v) is 10.5.